The summed E-state index contributed by atoms with van der Waals surface area (Å²) in [4.78, 5) is 14.2. The zero-order chi connectivity index (χ0) is 20.5. The highest BCUT2D eigenvalue weighted by molar-refractivity contribution is 5.67. The maximum Gasteiger partial charge on any atom is 0.164 e. The van der Waals surface area contributed by atoms with Gasteiger partial charge in [0.15, 0.2) is 17.5 Å². The topological polar surface area (TPSA) is 58.9 Å². The van der Waals surface area contributed by atoms with E-state index in [9.17, 15) is 5.11 Å². The van der Waals surface area contributed by atoms with E-state index in [2.05, 4.69) is 70.2 Å². The largest absolute Gasteiger partial charge is 0.508 e. The minimum Gasteiger partial charge on any atom is -0.508 e. The van der Waals surface area contributed by atoms with Gasteiger partial charge in [0.2, 0.25) is 0 Å². The zero-order valence-corrected chi connectivity index (χ0v) is 17.0. The summed E-state index contributed by atoms with van der Waals surface area (Å²) in [5.74, 6) is 1.94. The van der Waals surface area contributed by atoms with E-state index in [0.717, 1.165) is 33.4 Å². The SMILES string of the molecule is Cc1cc(C)cc(-c2nc(-c3[c]cc(O)cc3)nc(-c3cc(C)cc(C)c3)n2)c1. The molecule has 0 aliphatic rings. The standard InChI is InChI=1S/C25H22N3O/c1-15-9-16(2)12-20(11-15)24-26-23(19-5-7-22(29)8-6-19)27-25(28-24)21-13-17(3)10-18(4)14-21/h5,7-14,29H,1-4H3. The van der Waals surface area contributed by atoms with Crippen molar-refractivity contribution in [3.63, 3.8) is 0 Å². The van der Waals surface area contributed by atoms with Crippen molar-refractivity contribution in [1.82, 2.24) is 15.0 Å². The second-order valence-electron chi connectivity index (χ2n) is 7.52. The Hall–Kier alpha value is -3.53. The Morgan fingerprint density at radius 2 is 1.07 bits per heavy atom. The van der Waals surface area contributed by atoms with E-state index in [4.69, 9.17) is 15.0 Å². The van der Waals surface area contributed by atoms with E-state index in [1.807, 2.05) is 0 Å². The lowest BCUT2D eigenvalue weighted by molar-refractivity contribution is 0.475. The predicted molar refractivity (Wildman–Crippen MR) is 116 cm³/mol. The average molecular weight is 380 g/mol. The van der Waals surface area contributed by atoms with E-state index >= 15 is 0 Å². The van der Waals surface area contributed by atoms with Crippen LogP contribution in [0.15, 0.2) is 54.6 Å². The number of phenolic OH excluding ortho intramolecular Hbond substituents is 1. The lowest BCUT2D eigenvalue weighted by atomic mass is 10.1. The molecule has 0 atom stereocenters. The summed E-state index contributed by atoms with van der Waals surface area (Å²) in [5.41, 5.74) is 7.25. The minimum absolute atomic E-state index is 0.159. The highest BCUT2D eigenvalue weighted by atomic mass is 16.3. The number of aryl methyl sites for hydroxylation is 4. The lowest BCUT2D eigenvalue weighted by Crippen LogP contribution is -2.01. The van der Waals surface area contributed by atoms with Gasteiger partial charge in [0.1, 0.15) is 5.75 Å². The monoisotopic (exact) mass is 380 g/mol. The smallest absolute Gasteiger partial charge is 0.164 e. The second kappa shape index (κ2) is 7.47. The molecule has 0 aliphatic heterocycles. The molecule has 3 aromatic carbocycles. The third-order valence-electron chi connectivity index (χ3n) is 4.63. The van der Waals surface area contributed by atoms with Crippen LogP contribution >= 0.6 is 0 Å². The number of nitrogens with zero attached hydrogens (tertiary/aromatic N) is 3. The van der Waals surface area contributed by atoms with Gasteiger partial charge in [-0.05, 0) is 76.2 Å². The van der Waals surface area contributed by atoms with Crippen LogP contribution in [0, 0.1) is 33.8 Å². The van der Waals surface area contributed by atoms with Crippen molar-refractivity contribution in [2.75, 3.05) is 0 Å². The third kappa shape index (κ3) is 4.16. The normalized spacial score (nSPS) is 10.9. The molecule has 0 spiro atoms. The average Bonchev–Trinajstić information content (AvgIpc) is 2.67. The van der Waals surface area contributed by atoms with Gasteiger partial charge in [-0.15, -0.1) is 0 Å². The molecule has 4 heteroatoms. The molecule has 1 radical (unpaired) electrons. The van der Waals surface area contributed by atoms with Gasteiger partial charge in [0, 0.05) is 16.7 Å². The van der Waals surface area contributed by atoms with Gasteiger partial charge < -0.3 is 5.11 Å². The van der Waals surface area contributed by atoms with Crippen LogP contribution < -0.4 is 0 Å². The molecule has 0 aliphatic carbocycles. The Labute approximate surface area is 171 Å². The first-order valence-electron chi connectivity index (χ1n) is 9.52. The fraction of sp³-hybridized carbons (Fsp3) is 0.160. The predicted octanol–water partition coefficient (Wildman–Crippen LogP) is 5.61. The van der Waals surface area contributed by atoms with Crippen LogP contribution in [0.3, 0.4) is 0 Å². The van der Waals surface area contributed by atoms with E-state index < -0.39 is 0 Å². The summed E-state index contributed by atoms with van der Waals surface area (Å²) >= 11 is 0. The molecule has 4 aromatic rings. The Bertz CT molecular complexity index is 1090. The first kappa shape index (κ1) is 18.8. The molecule has 0 saturated carbocycles. The van der Waals surface area contributed by atoms with Gasteiger partial charge in [0.25, 0.3) is 0 Å². The van der Waals surface area contributed by atoms with Gasteiger partial charge in [-0.1, -0.05) is 34.4 Å². The number of hydrogen-bond donors (Lipinski definition) is 1. The van der Waals surface area contributed by atoms with Crippen molar-refractivity contribution in [2.24, 2.45) is 0 Å². The van der Waals surface area contributed by atoms with Gasteiger partial charge in [0.05, 0.1) is 0 Å². The van der Waals surface area contributed by atoms with Gasteiger partial charge >= 0.3 is 0 Å². The molecule has 1 aromatic heterocycles. The Morgan fingerprint density at radius 1 is 0.621 bits per heavy atom. The summed E-state index contributed by atoms with van der Waals surface area (Å²) in [6.45, 7) is 8.27. The third-order valence-corrected chi connectivity index (χ3v) is 4.63. The van der Waals surface area contributed by atoms with Crippen LogP contribution in [-0.2, 0) is 0 Å². The number of benzene rings is 3. The Kier molecular flexibility index (Phi) is 4.85. The molecule has 0 fully saturated rings. The number of aromatic hydroxyl groups is 1. The molecular formula is C25H22N3O. The maximum absolute atomic E-state index is 9.61. The minimum atomic E-state index is 0.159. The molecule has 0 unspecified atom stereocenters. The van der Waals surface area contributed by atoms with Crippen molar-refractivity contribution in [1.29, 1.82) is 0 Å². The van der Waals surface area contributed by atoms with Gasteiger partial charge in [-0.3, -0.25) is 0 Å². The summed E-state index contributed by atoms with van der Waals surface area (Å²) in [6, 6.07) is 20.5. The van der Waals surface area contributed by atoms with Crippen LogP contribution in [0.25, 0.3) is 34.2 Å². The highest BCUT2D eigenvalue weighted by Gasteiger charge is 2.13. The molecule has 29 heavy (non-hydrogen) atoms. The molecule has 0 bridgehead atoms. The van der Waals surface area contributed by atoms with Crippen molar-refractivity contribution in [3.05, 3.63) is 82.9 Å². The van der Waals surface area contributed by atoms with E-state index in [1.165, 1.54) is 6.07 Å². The molecule has 0 amide bonds. The van der Waals surface area contributed by atoms with Crippen LogP contribution in [0.4, 0.5) is 0 Å². The van der Waals surface area contributed by atoms with E-state index in [-0.39, 0.29) is 5.75 Å². The van der Waals surface area contributed by atoms with Crippen LogP contribution in [-0.4, -0.2) is 20.1 Å². The zero-order valence-electron chi connectivity index (χ0n) is 17.0. The van der Waals surface area contributed by atoms with Crippen LogP contribution in [0.2, 0.25) is 0 Å². The number of aromatic nitrogens is 3. The maximum atomic E-state index is 9.61. The van der Waals surface area contributed by atoms with Gasteiger partial charge in [-0.25, -0.2) is 15.0 Å². The van der Waals surface area contributed by atoms with Gasteiger partial charge in [-0.2, -0.15) is 0 Å². The molecule has 143 valence electrons. The Morgan fingerprint density at radius 3 is 1.48 bits per heavy atom. The van der Waals surface area contributed by atoms with Crippen molar-refractivity contribution >= 4 is 0 Å². The summed E-state index contributed by atoms with van der Waals surface area (Å²) in [6.07, 6.45) is 0. The highest BCUT2D eigenvalue weighted by Crippen LogP contribution is 2.27. The fourth-order valence-corrected chi connectivity index (χ4v) is 3.52. The molecule has 1 N–H and O–H groups in total. The van der Waals surface area contributed by atoms with E-state index in [0.29, 0.717) is 23.0 Å². The summed E-state index contributed by atoms with van der Waals surface area (Å²) < 4.78 is 0. The first-order chi connectivity index (χ1) is 13.9. The van der Waals surface area contributed by atoms with E-state index in [1.54, 1.807) is 12.1 Å². The second-order valence-corrected chi connectivity index (χ2v) is 7.52. The van der Waals surface area contributed by atoms with Crippen LogP contribution in [0.1, 0.15) is 22.3 Å². The summed E-state index contributed by atoms with van der Waals surface area (Å²) in [5, 5.41) is 9.61. The summed E-state index contributed by atoms with van der Waals surface area (Å²) in [7, 11) is 0. The number of rotatable bonds is 3. The molecule has 4 nitrogen and oxygen atoms in total. The first-order valence-corrected chi connectivity index (χ1v) is 9.52. The molecule has 4 rings (SSSR count). The molecule has 0 saturated heterocycles. The molecule has 1 heterocycles. The van der Waals surface area contributed by atoms with Crippen LogP contribution in [0.5, 0.6) is 5.75 Å². The lowest BCUT2D eigenvalue weighted by Gasteiger charge is -2.10. The quantitative estimate of drug-likeness (QED) is 0.502. The fourth-order valence-electron chi connectivity index (χ4n) is 3.52. The number of hydrogen-bond acceptors (Lipinski definition) is 4. The van der Waals surface area contributed by atoms with Crippen molar-refractivity contribution in [2.45, 2.75) is 27.7 Å². The van der Waals surface area contributed by atoms with Crippen molar-refractivity contribution < 1.29 is 5.11 Å². The van der Waals surface area contributed by atoms with Crippen molar-refractivity contribution in [3.8, 4) is 39.9 Å². The number of phenols is 1. The Balaban J connectivity index is 1.95. The molecular weight excluding hydrogens is 358 g/mol.